The van der Waals surface area contributed by atoms with Crippen molar-refractivity contribution in [1.29, 1.82) is 0 Å². The summed E-state index contributed by atoms with van der Waals surface area (Å²) in [5.74, 6) is -2.39. The molecule has 1 aliphatic rings. The molecule has 0 unspecified atom stereocenters. The molecule has 0 spiro atoms. The Morgan fingerprint density at radius 1 is 1.00 bits per heavy atom. The van der Waals surface area contributed by atoms with Crippen LogP contribution in [0.2, 0.25) is 10.0 Å². The van der Waals surface area contributed by atoms with Crippen LogP contribution in [0.15, 0.2) is 48.0 Å². The van der Waals surface area contributed by atoms with Crippen LogP contribution in [0, 0.1) is 0 Å². The van der Waals surface area contributed by atoms with Crippen LogP contribution >= 0.6 is 23.2 Å². The highest BCUT2D eigenvalue weighted by Gasteiger charge is 2.39. The number of hydrogen-bond acceptors (Lipinski definition) is 5. The van der Waals surface area contributed by atoms with E-state index >= 15 is 0 Å². The molecule has 2 aromatic carbocycles. The Hall–Kier alpha value is -2.50. The highest BCUT2D eigenvalue weighted by molar-refractivity contribution is 6.31. The number of ether oxygens (including phenoxy) is 3. The zero-order valence-electron chi connectivity index (χ0n) is 14.6. The molecule has 0 N–H and O–H groups in total. The summed E-state index contributed by atoms with van der Waals surface area (Å²) in [4.78, 5) is 24.3. The van der Waals surface area contributed by atoms with Crippen LogP contribution in [-0.2, 0) is 25.7 Å². The topological polar surface area (TPSA) is 61.8 Å². The van der Waals surface area contributed by atoms with E-state index in [4.69, 9.17) is 37.4 Å². The van der Waals surface area contributed by atoms with E-state index in [1.807, 2.05) is 12.1 Å². The fraction of sp³-hybridized carbons (Fsp3) is 0.200. The van der Waals surface area contributed by atoms with Crippen molar-refractivity contribution >= 4 is 41.2 Å². The van der Waals surface area contributed by atoms with Crippen molar-refractivity contribution < 1.29 is 23.8 Å². The van der Waals surface area contributed by atoms with E-state index in [1.165, 1.54) is 19.9 Å². The second-order valence-corrected chi connectivity index (χ2v) is 7.21. The largest absolute Gasteiger partial charge is 0.488 e. The molecule has 1 aliphatic heterocycles. The van der Waals surface area contributed by atoms with Crippen molar-refractivity contribution in [3.05, 3.63) is 69.2 Å². The van der Waals surface area contributed by atoms with Crippen LogP contribution in [0.4, 0.5) is 0 Å². The number of esters is 2. The first-order valence-electron chi connectivity index (χ1n) is 8.09. The fourth-order valence-electron chi connectivity index (χ4n) is 2.49. The summed E-state index contributed by atoms with van der Waals surface area (Å²) in [7, 11) is 0. The van der Waals surface area contributed by atoms with Crippen LogP contribution in [0.25, 0.3) is 6.08 Å². The summed E-state index contributed by atoms with van der Waals surface area (Å²) in [6, 6.07) is 12.1. The lowest BCUT2D eigenvalue weighted by atomic mass is 10.1. The van der Waals surface area contributed by atoms with Crippen LogP contribution < -0.4 is 4.74 Å². The fourth-order valence-corrected chi connectivity index (χ4v) is 2.88. The molecule has 0 radical (unpaired) electrons. The monoisotopic (exact) mass is 406 g/mol. The third-order valence-corrected chi connectivity index (χ3v) is 4.14. The summed E-state index contributed by atoms with van der Waals surface area (Å²) in [6.45, 7) is 3.22. The lowest BCUT2D eigenvalue weighted by Gasteiger charge is -2.29. The molecule has 140 valence electrons. The van der Waals surface area contributed by atoms with E-state index in [-0.39, 0.29) is 12.2 Å². The zero-order valence-corrected chi connectivity index (χ0v) is 16.1. The quantitative estimate of drug-likeness (QED) is 0.414. The highest BCUT2D eigenvalue weighted by Crippen LogP contribution is 2.29. The molecule has 7 heteroatoms. The van der Waals surface area contributed by atoms with Crippen molar-refractivity contribution in [2.24, 2.45) is 0 Å². The number of cyclic esters (lactones) is 2. The molecule has 27 heavy (non-hydrogen) atoms. The lowest BCUT2D eigenvalue weighted by Crippen LogP contribution is -2.41. The van der Waals surface area contributed by atoms with Crippen molar-refractivity contribution in [2.75, 3.05) is 0 Å². The number of rotatable bonds is 4. The van der Waals surface area contributed by atoms with Crippen molar-refractivity contribution in [3.63, 3.8) is 0 Å². The smallest absolute Gasteiger partial charge is 0.348 e. The Labute approximate surface area is 166 Å². The lowest BCUT2D eigenvalue weighted by molar-refractivity contribution is -0.222. The molecule has 1 heterocycles. The van der Waals surface area contributed by atoms with Crippen molar-refractivity contribution in [2.45, 2.75) is 26.2 Å². The number of carbonyl (C=O) groups excluding carboxylic acids is 2. The van der Waals surface area contributed by atoms with Gasteiger partial charge in [0.15, 0.2) is 0 Å². The molecule has 0 saturated carbocycles. The normalized spacial score (nSPS) is 15.8. The van der Waals surface area contributed by atoms with Crippen molar-refractivity contribution in [3.8, 4) is 5.75 Å². The van der Waals surface area contributed by atoms with Gasteiger partial charge in [-0.1, -0.05) is 35.3 Å². The van der Waals surface area contributed by atoms with E-state index in [0.717, 1.165) is 5.56 Å². The Balaban J connectivity index is 1.88. The summed E-state index contributed by atoms with van der Waals surface area (Å²) in [6.07, 6.45) is 1.35. The molecular weight excluding hydrogens is 391 g/mol. The van der Waals surface area contributed by atoms with Gasteiger partial charge >= 0.3 is 11.9 Å². The SMILES string of the molecule is CC1(C)OC(=O)C(=Cc2cc(Cl)ccc2OCc2cccc(Cl)c2)C(=O)O1. The third kappa shape index (κ3) is 4.81. The van der Waals surface area contributed by atoms with E-state index in [2.05, 4.69) is 0 Å². The van der Waals surface area contributed by atoms with Gasteiger partial charge in [0.05, 0.1) is 0 Å². The summed E-state index contributed by atoms with van der Waals surface area (Å²) in [5, 5.41) is 1.03. The Morgan fingerprint density at radius 3 is 2.33 bits per heavy atom. The summed E-state index contributed by atoms with van der Waals surface area (Å²) < 4.78 is 16.0. The zero-order chi connectivity index (χ0) is 19.6. The minimum atomic E-state index is -1.30. The number of benzene rings is 2. The second-order valence-electron chi connectivity index (χ2n) is 6.34. The van der Waals surface area contributed by atoms with Crippen LogP contribution in [-0.4, -0.2) is 17.7 Å². The first-order chi connectivity index (χ1) is 12.7. The first kappa shape index (κ1) is 19.3. The molecule has 1 fully saturated rings. The van der Waals surface area contributed by atoms with Gasteiger partial charge in [0.1, 0.15) is 17.9 Å². The molecule has 0 amide bonds. The first-order valence-corrected chi connectivity index (χ1v) is 8.84. The van der Waals surface area contributed by atoms with Crippen LogP contribution in [0.3, 0.4) is 0 Å². The maximum Gasteiger partial charge on any atom is 0.348 e. The average molecular weight is 407 g/mol. The van der Waals surface area contributed by atoms with Gasteiger partial charge in [-0.25, -0.2) is 9.59 Å². The van der Waals surface area contributed by atoms with Gasteiger partial charge in [0.25, 0.3) is 5.79 Å². The third-order valence-electron chi connectivity index (χ3n) is 3.67. The predicted molar refractivity (Wildman–Crippen MR) is 101 cm³/mol. The van der Waals surface area contributed by atoms with Gasteiger partial charge in [0, 0.05) is 29.5 Å². The van der Waals surface area contributed by atoms with Gasteiger partial charge in [-0.05, 0) is 42.0 Å². The minimum absolute atomic E-state index is 0.232. The van der Waals surface area contributed by atoms with E-state index in [1.54, 1.807) is 30.3 Å². The molecule has 1 saturated heterocycles. The molecule has 2 aromatic rings. The molecule has 0 atom stereocenters. The molecule has 0 bridgehead atoms. The number of halogens is 2. The van der Waals surface area contributed by atoms with Crippen molar-refractivity contribution in [1.82, 2.24) is 0 Å². The maximum atomic E-state index is 12.2. The van der Waals surface area contributed by atoms with Gasteiger partial charge in [-0.3, -0.25) is 0 Å². The van der Waals surface area contributed by atoms with E-state index in [9.17, 15) is 9.59 Å². The summed E-state index contributed by atoms with van der Waals surface area (Å²) in [5.41, 5.74) is 1.09. The maximum absolute atomic E-state index is 12.2. The minimum Gasteiger partial charge on any atom is -0.488 e. The van der Waals surface area contributed by atoms with Crippen LogP contribution in [0.1, 0.15) is 25.0 Å². The number of hydrogen-bond donors (Lipinski definition) is 0. The Morgan fingerprint density at radius 2 is 1.67 bits per heavy atom. The van der Waals surface area contributed by atoms with Gasteiger partial charge in [0.2, 0.25) is 0 Å². The predicted octanol–water partition coefficient (Wildman–Crippen LogP) is 4.79. The number of carbonyl (C=O) groups is 2. The average Bonchev–Trinajstić information content (AvgIpc) is 2.56. The molecule has 0 aliphatic carbocycles. The second kappa shape index (κ2) is 7.62. The van der Waals surface area contributed by atoms with Gasteiger partial charge in [-0.15, -0.1) is 0 Å². The summed E-state index contributed by atoms with van der Waals surface area (Å²) >= 11 is 12.0. The Kier molecular flexibility index (Phi) is 5.44. The van der Waals surface area contributed by atoms with Gasteiger partial charge < -0.3 is 14.2 Å². The van der Waals surface area contributed by atoms with Gasteiger partial charge in [-0.2, -0.15) is 0 Å². The standard InChI is InChI=1S/C20H16Cl2O5/c1-20(2)26-18(23)16(19(24)27-20)10-13-9-15(22)6-7-17(13)25-11-12-4-3-5-14(21)8-12/h3-10H,11H2,1-2H3. The van der Waals surface area contributed by atoms with E-state index in [0.29, 0.717) is 21.4 Å². The van der Waals surface area contributed by atoms with E-state index < -0.39 is 17.7 Å². The molecular formula is C20H16Cl2O5. The van der Waals surface area contributed by atoms with Crippen LogP contribution in [0.5, 0.6) is 5.75 Å². The highest BCUT2D eigenvalue weighted by atomic mass is 35.5. The molecule has 5 nitrogen and oxygen atoms in total. The molecule has 3 rings (SSSR count). The Bertz CT molecular complexity index is 912. The molecule has 0 aromatic heterocycles.